The fourth-order valence-electron chi connectivity index (χ4n) is 3.09. The standard InChI is InChI=1S/C21H24ClFN4O3S/c1-12(28)19-24-25-20(27(19)5)15-10-16(22)17(23)11-18(15)26-31(29,30)14-8-6-13(7-9-14)21(2,3)4/h6-12,26,28H,1-5H3/t12-/m0/s1. The molecule has 0 aliphatic carbocycles. The third-order valence-electron chi connectivity index (χ3n) is 4.86. The van der Waals surface area contributed by atoms with Gasteiger partial charge < -0.3 is 9.67 Å². The van der Waals surface area contributed by atoms with Crippen LogP contribution >= 0.6 is 11.6 Å². The molecule has 0 aliphatic rings. The highest BCUT2D eigenvalue weighted by Gasteiger charge is 2.23. The van der Waals surface area contributed by atoms with Crippen molar-refractivity contribution in [1.82, 2.24) is 14.8 Å². The monoisotopic (exact) mass is 466 g/mol. The van der Waals surface area contributed by atoms with E-state index in [2.05, 4.69) is 14.9 Å². The Labute approximate surface area is 186 Å². The molecule has 166 valence electrons. The van der Waals surface area contributed by atoms with Crippen LogP contribution in [0, 0.1) is 5.82 Å². The van der Waals surface area contributed by atoms with Gasteiger partial charge in [-0.05, 0) is 36.1 Å². The number of nitrogens with one attached hydrogen (secondary N) is 1. The summed E-state index contributed by atoms with van der Waals surface area (Å²) in [5.74, 6) is -0.301. The molecule has 1 aromatic heterocycles. The lowest BCUT2D eigenvalue weighted by molar-refractivity contribution is 0.185. The molecule has 0 bridgehead atoms. The number of hydrogen-bond donors (Lipinski definition) is 2. The second-order valence-electron chi connectivity index (χ2n) is 8.31. The van der Waals surface area contributed by atoms with Crippen LogP contribution in [0.2, 0.25) is 5.02 Å². The smallest absolute Gasteiger partial charge is 0.261 e. The van der Waals surface area contributed by atoms with E-state index in [-0.39, 0.29) is 38.2 Å². The molecule has 10 heteroatoms. The van der Waals surface area contributed by atoms with Gasteiger partial charge >= 0.3 is 0 Å². The molecule has 0 saturated heterocycles. The Morgan fingerprint density at radius 2 is 1.77 bits per heavy atom. The largest absolute Gasteiger partial charge is 0.385 e. The maximum Gasteiger partial charge on any atom is 0.261 e. The van der Waals surface area contributed by atoms with E-state index >= 15 is 0 Å². The SMILES string of the molecule is C[C@H](O)c1nnc(-c2cc(Cl)c(F)cc2NS(=O)(=O)c2ccc(C(C)(C)C)cc2)n1C. The lowest BCUT2D eigenvalue weighted by atomic mass is 9.87. The molecule has 3 aromatic rings. The molecule has 1 heterocycles. The summed E-state index contributed by atoms with van der Waals surface area (Å²) in [4.78, 5) is 0.0319. The van der Waals surface area contributed by atoms with E-state index in [0.29, 0.717) is 0 Å². The predicted octanol–water partition coefficient (Wildman–Crippen LogP) is 4.43. The summed E-state index contributed by atoms with van der Waals surface area (Å²) in [6.45, 7) is 7.61. The van der Waals surface area contributed by atoms with Gasteiger partial charge in [0, 0.05) is 18.7 Å². The molecule has 3 rings (SSSR count). The molecular weight excluding hydrogens is 443 g/mol. The fourth-order valence-corrected chi connectivity index (χ4v) is 4.33. The van der Waals surface area contributed by atoms with E-state index in [4.69, 9.17) is 11.6 Å². The second-order valence-corrected chi connectivity index (χ2v) is 10.4. The molecule has 7 nitrogen and oxygen atoms in total. The highest BCUT2D eigenvalue weighted by molar-refractivity contribution is 7.92. The molecule has 0 unspecified atom stereocenters. The van der Waals surface area contributed by atoms with Crippen LogP contribution in [0.5, 0.6) is 0 Å². The van der Waals surface area contributed by atoms with Gasteiger partial charge in [-0.25, -0.2) is 12.8 Å². The van der Waals surface area contributed by atoms with Gasteiger partial charge in [0.05, 0.1) is 15.6 Å². The van der Waals surface area contributed by atoms with Gasteiger partial charge in [-0.2, -0.15) is 0 Å². The summed E-state index contributed by atoms with van der Waals surface area (Å²) in [7, 11) is -2.42. The van der Waals surface area contributed by atoms with Gasteiger partial charge in [-0.1, -0.05) is 44.5 Å². The molecule has 0 amide bonds. The minimum Gasteiger partial charge on any atom is -0.385 e. The molecule has 0 fully saturated rings. The fraction of sp³-hybridized carbons (Fsp3) is 0.333. The number of benzene rings is 2. The van der Waals surface area contributed by atoms with E-state index in [9.17, 15) is 17.9 Å². The summed E-state index contributed by atoms with van der Waals surface area (Å²) in [6, 6.07) is 8.76. The first-order valence-electron chi connectivity index (χ1n) is 9.51. The van der Waals surface area contributed by atoms with Crippen LogP contribution in [0.25, 0.3) is 11.4 Å². The van der Waals surface area contributed by atoms with Crippen LogP contribution in [-0.4, -0.2) is 28.3 Å². The zero-order valence-electron chi connectivity index (χ0n) is 17.8. The van der Waals surface area contributed by atoms with Crippen molar-refractivity contribution < 1.29 is 17.9 Å². The van der Waals surface area contributed by atoms with Crippen molar-refractivity contribution in [2.24, 2.45) is 7.05 Å². The van der Waals surface area contributed by atoms with E-state index < -0.39 is 21.9 Å². The van der Waals surface area contributed by atoms with Gasteiger partial charge in [0.2, 0.25) is 0 Å². The maximum atomic E-state index is 14.2. The predicted molar refractivity (Wildman–Crippen MR) is 118 cm³/mol. The molecule has 0 spiro atoms. The van der Waals surface area contributed by atoms with Crippen molar-refractivity contribution in [3.8, 4) is 11.4 Å². The number of aliphatic hydroxyl groups excluding tert-OH is 1. The number of sulfonamides is 1. The third-order valence-corrected chi connectivity index (χ3v) is 6.53. The molecule has 0 aliphatic heterocycles. The van der Waals surface area contributed by atoms with E-state index in [1.54, 1.807) is 19.2 Å². The van der Waals surface area contributed by atoms with Gasteiger partial charge in [0.1, 0.15) is 11.9 Å². The highest BCUT2D eigenvalue weighted by atomic mass is 35.5. The maximum absolute atomic E-state index is 14.2. The molecular formula is C21H24ClFN4O3S. The molecule has 2 N–H and O–H groups in total. The first-order chi connectivity index (χ1) is 14.3. The number of hydrogen-bond acceptors (Lipinski definition) is 5. The minimum atomic E-state index is -4.02. The minimum absolute atomic E-state index is 0.0319. The Morgan fingerprint density at radius 3 is 2.29 bits per heavy atom. The lowest BCUT2D eigenvalue weighted by Gasteiger charge is -2.19. The van der Waals surface area contributed by atoms with Crippen LogP contribution < -0.4 is 4.72 Å². The first kappa shape index (κ1) is 23.2. The first-order valence-corrected chi connectivity index (χ1v) is 11.4. The van der Waals surface area contributed by atoms with Crippen molar-refractivity contribution in [1.29, 1.82) is 0 Å². The highest BCUT2D eigenvalue weighted by Crippen LogP contribution is 2.34. The summed E-state index contributed by atoms with van der Waals surface area (Å²) in [5.41, 5.74) is 1.03. The van der Waals surface area contributed by atoms with Crippen LogP contribution in [0.4, 0.5) is 10.1 Å². The molecule has 0 saturated carbocycles. The summed E-state index contributed by atoms with van der Waals surface area (Å²) >= 11 is 5.95. The Bertz CT molecular complexity index is 1220. The quantitative estimate of drug-likeness (QED) is 0.579. The average molecular weight is 467 g/mol. The van der Waals surface area contributed by atoms with Crippen molar-refractivity contribution in [3.63, 3.8) is 0 Å². The zero-order valence-corrected chi connectivity index (χ0v) is 19.4. The van der Waals surface area contributed by atoms with Crippen LogP contribution in [0.1, 0.15) is 45.2 Å². The molecule has 0 radical (unpaired) electrons. The van der Waals surface area contributed by atoms with Crippen molar-refractivity contribution in [2.45, 2.75) is 44.1 Å². The summed E-state index contributed by atoms with van der Waals surface area (Å²) < 4.78 is 44.1. The lowest BCUT2D eigenvalue weighted by Crippen LogP contribution is -2.16. The van der Waals surface area contributed by atoms with Gasteiger partial charge in [0.25, 0.3) is 10.0 Å². The number of aliphatic hydroxyl groups is 1. The van der Waals surface area contributed by atoms with Crippen molar-refractivity contribution >= 4 is 27.3 Å². The number of anilines is 1. The molecule has 2 aromatic carbocycles. The Morgan fingerprint density at radius 1 is 1.16 bits per heavy atom. The summed E-state index contributed by atoms with van der Waals surface area (Å²) in [6.07, 6.45) is -0.899. The third kappa shape index (κ3) is 4.73. The van der Waals surface area contributed by atoms with Crippen LogP contribution in [0.3, 0.4) is 0 Å². The Hall–Kier alpha value is -2.49. The number of aromatic nitrogens is 3. The number of rotatable bonds is 5. The van der Waals surface area contributed by atoms with E-state index in [1.165, 1.54) is 29.7 Å². The van der Waals surface area contributed by atoms with E-state index in [1.807, 2.05) is 20.8 Å². The topological polar surface area (TPSA) is 97.1 Å². The summed E-state index contributed by atoms with van der Waals surface area (Å²) in [5, 5.41) is 17.6. The Kier molecular flexibility index (Phi) is 6.14. The molecule has 31 heavy (non-hydrogen) atoms. The van der Waals surface area contributed by atoms with Gasteiger partial charge in [-0.3, -0.25) is 4.72 Å². The zero-order chi connectivity index (χ0) is 23.1. The second kappa shape index (κ2) is 8.22. The van der Waals surface area contributed by atoms with E-state index in [0.717, 1.165) is 11.6 Å². The number of halogens is 2. The van der Waals surface area contributed by atoms with Crippen molar-refractivity contribution in [3.05, 3.63) is 58.6 Å². The molecule has 1 atom stereocenters. The van der Waals surface area contributed by atoms with Crippen molar-refractivity contribution in [2.75, 3.05) is 4.72 Å². The van der Waals surface area contributed by atoms with Gasteiger partial charge in [-0.15, -0.1) is 10.2 Å². The Balaban J connectivity index is 2.06. The van der Waals surface area contributed by atoms with Crippen LogP contribution in [-0.2, 0) is 22.5 Å². The number of nitrogens with zero attached hydrogens (tertiary/aromatic N) is 3. The van der Waals surface area contributed by atoms with Crippen LogP contribution in [0.15, 0.2) is 41.3 Å². The normalized spacial score (nSPS) is 13.3. The van der Waals surface area contributed by atoms with Gasteiger partial charge in [0.15, 0.2) is 11.6 Å². The average Bonchev–Trinajstić information content (AvgIpc) is 3.05.